The molecule has 0 amide bonds. The molecule has 0 fully saturated rings. The highest BCUT2D eigenvalue weighted by Crippen LogP contribution is 2.22. The second-order valence-electron chi connectivity index (χ2n) is 4.01. The van der Waals surface area contributed by atoms with E-state index in [1.165, 1.54) is 12.1 Å². The molecule has 0 aromatic heterocycles. The molecule has 0 aliphatic heterocycles. The smallest absolute Gasteiger partial charge is 0.129 e. The van der Waals surface area contributed by atoms with Gasteiger partial charge in [0.25, 0.3) is 0 Å². The molecule has 0 aliphatic carbocycles. The topological polar surface area (TPSA) is 20.2 Å². The predicted octanol–water partition coefficient (Wildman–Crippen LogP) is 3.89. The molecule has 0 bridgehead atoms. The number of halogens is 3. The number of hydrogen-bond donors (Lipinski definition) is 1. The average molecular weight is 269 g/mol. The van der Waals surface area contributed by atoms with Crippen molar-refractivity contribution in [2.24, 2.45) is 0 Å². The molecular formula is C14H11ClF2O. The summed E-state index contributed by atoms with van der Waals surface area (Å²) < 4.78 is 26.2. The molecule has 0 saturated carbocycles. The van der Waals surface area contributed by atoms with Crippen LogP contribution in [-0.4, -0.2) is 5.11 Å². The lowest BCUT2D eigenvalue weighted by molar-refractivity contribution is 0.177. The molecule has 4 heteroatoms. The van der Waals surface area contributed by atoms with E-state index in [1.807, 2.05) is 0 Å². The average Bonchev–Trinajstić information content (AvgIpc) is 2.33. The summed E-state index contributed by atoms with van der Waals surface area (Å²) >= 11 is 5.74. The summed E-state index contributed by atoms with van der Waals surface area (Å²) in [5.41, 5.74) is 0.918. The van der Waals surface area contributed by atoms with Gasteiger partial charge in [-0.2, -0.15) is 0 Å². The predicted molar refractivity (Wildman–Crippen MR) is 66.5 cm³/mol. The molecule has 0 radical (unpaired) electrons. The van der Waals surface area contributed by atoms with Crippen LogP contribution in [0.1, 0.15) is 17.2 Å². The van der Waals surface area contributed by atoms with Gasteiger partial charge < -0.3 is 5.11 Å². The molecule has 94 valence electrons. The standard InChI is InChI=1S/C14H11ClF2O/c15-11-4-1-9(2-5-11)14(18)7-10-3-6-12(16)8-13(10)17/h1-6,8,14,18H,7H2. The Morgan fingerprint density at radius 2 is 1.72 bits per heavy atom. The minimum absolute atomic E-state index is 0.0910. The summed E-state index contributed by atoms with van der Waals surface area (Å²) in [6.45, 7) is 0. The summed E-state index contributed by atoms with van der Waals surface area (Å²) in [6.07, 6.45) is -0.754. The van der Waals surface area contributed by atoms with Gasteiger partial charge in [0.05, 0.1) is 6.10 Å². The van der Waals surface area contributed by atoms with Crippen LogP contribution in [0.5, 0.6) is 0 Å². The number of benzene rings is 2. The Morgan fingerprint density at radius 3 is 2.33 bits per heavy atom. The first-order valence-corrected chi connectivity index (χ1v) is 5.81. The van der Waals surface area contributed by atoms with E-state index in [4.69, 9.17) is 11.6 Å². The first kappa shape index (κ1) is 13.0. The van der Waals surface area contributed by atoms with E-state index in [-0.39, 0.29) is 12.0 Å². The highest BCUT2D eigenvalue weighted by Gasteiger charge is 2.12. The van der Waals surface area contributed by atoms with Gasteiger partial charge in [0.15, 0.2) is 0 Å². The number of aliphatic hydroxyl groups excluding tert-OH is 1. The highest BCUT2D eigenvalue weighted by atomic mass is 35.5. The summed E-state index contributed by atoms with van der Waals surface area (Å²) in [4.78, 5) is 0. The van der Waals surface area contributed by atoms with Gasteiger partial charge in [-0.1, -0.05) is 29.8 Å². The molecular weight excluding hydrogens is 258 g/mol. The van der Waals surface area contributed by atoms with E-state index in [9.17, 15) is 13.9 Å². The van der Waals surface area contributed by atoms with Crippen LogP contribution in [0, 0.1) is 11.6 Å². The Labute approximate surface area is 109 Å². The fraction of sp³-hybridized carbons (Fsp3) is 0.143. The van der Waals surface area contributed by atoms with Crippen LogP contribution in [0.15, 0.2) is 42.5 Å². The Balaban J connectivity index is 2.15. The van der Waals surface area contributed by atoms with Crippen molar-refractivity contribution in [2.75, 3.05) is 0 Å². The van der Waals surface area contributed by atoms with Gasteiger partial charge in [-0.3, -0.25) is 0 Å². The zero-order valence-corrected chi connectivity index (χ0v) is 10.2. The van der Waals surface area contributed by atoms with E-state index < -0.39 is 17.7 Å². The zero-order chi connectivity index (χ0) is 13.1. The fourth-order valence-electron chi connectivity index (χ4n) is 1.70. The lowest BCUT2D eigenvalue weighted by Gasteiger charge is -2.11. The molecule has 0 saturated heterocycles. The lowest BCUT2D eigenvalue weighted by Crippen LogP contribution is -2.03. The van der Waals surface area contributed by atoms with Crippen molar-refractivity contribution >= 4 is 11.6 Å². The summed E-state index contributed by atoms with van der Waals surface area (Å²) in [5, 5.41) is 10.5. The summed E-state index contributed by atoms with van der Waals surface area (Å²) in [6, 6.07) is 9.98. The maximum Gasteiger partial charge on any atom is 0.129 e. The number of aliphatic hydroxyl groups is 1. The van der Waals surface area contributed by atoms with Crippen molar-refractivity contribution in [3.05, 3.63) is 70.2 Å². The Bertz CT molecular complexity index is 540. The molecule has 0 heterocycles. The molecule has 2 aromatic carbocycles. The van der Waals surface area contributed by atoms with Crippen molar-refractivity contribution in [3.8, 4) is 0 Å². The summed E-state index contributed by atoms with van der Waals surface area (Å²) in [7, 11) is 0. The second-order valence-corrected chi connectivity index (χ2v) is 4.44. The van der Waals surface area contributed by atoms with E-state index in [0.717, 1.165) is 6.07 Å². The molecule has 1 nitrogen and oxygen atoms in total. The van der Waals surface area contributed by atoms with Crippen molar-refractivity contribution in [1.82, 2.24) is 0 Å². The first-order valence-electron chi connectivity index (χ1n) is 5.44. The van der Waals surface area contributed by atoms with E-state index in [1.54, 1.807) is 24.3 Å². The SMILES string of the molecule is OC(Cc1ccc(F)cc1F)c1ccc(Cl)cc1. The molecule has 2 aromatic rings. The van der Waals surface area contributed by atoms with Gasteiger partial charge in [0.2, 0.25) is 0 Å². The molecule has 1 N–H and O–H groups in total. The maximum absolute atomic E-state index is 13.4. The summed E-state index contributed by atoms with van der Waals surface area (Å²) in [5.74, 6) is -1.28. The molecule has 0 aliphatic rings. The second kappa shape index (κ2) is 5.46. The highest BCUT2D eigenvalue weighted by molar-refractivity contribution is 6.30. The van der Waals surface area contributed by atoms with Crippen LogP contribution in [0.2, 0.25) is 5.02 Å². The van der Waals surface area contributed by atoms with E-state index >= 15 is 0 Å². The third-order valence-corrected chi connectivity index (χ3v) is 2.94. The third-order valence-electron chi connectivity index (χ3n) is 2.68. The third kappa shape index (κ3) is 3.06. The van der Waals surface area contributed by atoms with Crippen molar-refractivity contribution in [2.45, 2.75) is 12.5 Å². The van der Waals surface area contributed by atoms with Gasteiger partial charge >= 0.3 is 0 Å². The minimum atomic E-state index is -0.845. The van der Waals surface area contributed by atoms with Crippen LogP contribution in [-0.2, 0) is 6.42 Å². The van der Waals surface area contributed by atoms with Crippen LogP contribution in [0.4, 0.5) is 8.78 Å². The van der Waals surface area contributed by atoms with Gasteiger partial charge in [-0.05, 0) is 29.3 Å². The van der Waals surface area contributed by atoms with E-state index in [2.05, 4.69) is 0 Å². The quantitative estimate of drug-likeness (QED) is 0.895. The maximum atomic E-state index is 13.4. The van der Waals surface area contributed by atoms with Gasteiger partial charge in [0.1, 0.15) is 11.6 Å². The van der Waals surface area contributed by atoms with Crippen molar-refractivity contribution in [3.63, 3.8) is 0 Å². The van der Waals surface area contributed by atoms with Gasteiger partial charge in [0, 0.05) is 17.5 Å². The van der Waals surface area contributed by atoms with Crippen LogP contribution < -0.4 is 0 Å². The van der Waals surface area contributed by atoms with Gasteiger partial charge in [-0.15, -0.1) is 0 Å². The number of rotatable bonds is 3. The molecule has 1 atom stereocenters. The minimum Gasteiger partial charge on any atom is -0.388 e. The largest absolute Gasteiger partial charge is 0.388 e. The van der Waals surface area contributed by atoms with E-state index in [0.29, 0.717) is 10.6 Å². The normalized spacial score (nSPS) is 12.4. The molecule has 1 unspecified atom stereocenters. The van der Waals surface area contributed by atoms with Crippen LogP contribution in [0.3, 0.4) is 0 Å². The number of hydrogen-bond acceptors (Lipinski definition) is 1. The lowest BCUT2D eigenvalue weighted by atomic mass is 10.0. The molecule has 0 spiro atoms. The van der Waals surface area contributed by atoms with Gasteiger partial charge in [-0.25, -0.2) is 8.78 Å². The monoisotopic (exact) mass is 268 g/mol. The fourth-order valence-corrected chi connectivity index (χ4v) is 1.82. The van der Waals surface area contributed by atoms with Crippen LogP contribution >= 0.6 is 11.6 Å². The molecule has 2 rings (SSSR count). The van der Waals surface area contributed by atoms with Crippen molar-refractivity contribution < 1.29 is 13.9 Å². The first-order chi connectivity index (χ1) is 8.56. The zero-order valence-electron chi connectivity index (χ0n) is 9.41. The Hall–Kier alpha value is -1.45. The van der Waals surface area contributed by atoms with Crippen molar-refractivity contribution in [1.29, 1.82) is 0 Å². The van der Waals surface area contributed by atoms with Crippen LogP contribution in [0.25, 0.3) is 0 Å². The Kier molecular flexibility index (Phi) is 3.94. The molecule has 18 heavy (non-hydrogen) atoms. The Morgan fingerprint density at radius 1 is 1.06 bits per heavy atom.